The van der Waals surface area contributed by atoms with Crippen molar-refractivity contribution in [3.8, 4) is 5.75 Å². The van der Waals surface area contributed by atoms with Crippen molar-refractivity contribution in [3.63, 3.8) is 0 Å². The van der Waals surface area contributed by atoms with E-state index in [0.717, 1.165) is 0 Å². The van der Waals surface area contributed by atoms with Crippen molar-refractivity contribution in [2.75, 3.05) is 16.8 Å². The van der Waals surface area contributed by atoms with Crippen LogP contribution >= 0.6 is 0 Å². The largest absolute Gasteiger partial charge is 0.508 e. The number of hydrogen-bond acceptors (Lipinski definition) is 3. The zero-order valence-electron chi connectivity index (χ0n) is 12.2. The summed E-state index contributed by atoms with van der Waals surface area (Å²) in [6.07, 6.45) is 0.112. The number of halogens is 1. The summed E-state index contributed by atoms with van der Waals surface area (Å²) >= 11 is 0. The van der Waals surface area contributed by atoms with Crippen molar-refractivity contribution in [1.29, 1.82) is 0 Å². The van der Waals surface area contributed by atoms with Crippen LogP contribution in [-0.2, 0) is 9.59 Å². The van der Waals surface area contributed by atoms with Gasteiger partial charge in [-0.1, -0.05) is 0 Å². The Morgan fingerprint density at radius 2 is 1.78 bits per heavy atom. The smallest absolute Gasteiger partial charge is 0.229 e. The monoisotopic (exact) mass is 314 g/mol. The lowest BCUT2D eigenvalue weighted by atomic mass is 10.1. The van der Waals surface area contributed by atoms with Gasteiger partial charge in [0.1, 0.15) is 11.6 Å². The number of nitrogens with one attached hydrogen (secondary N) is 1. The maximum Gasteiger partial charge on any atom is 0.229 e. The summed E-state index contributed by atoms with van der Waals surface area (Å²) in [4.78, 5) is 25.8. The molecule has 6 heteroatoms. The molecule has 0 bridgehead atoms. The highest BCUT2D eigenvalue weighted by molar-refractivity contribution is 6.03. The second kappa shape index (κ2) is 6.08. The molecule has 1 atom stereocenters. The fraction of sp³-hybridized carbons (Fsp3) is 0.176. The van der Waals surface area contributed by atoms with Crippen LogP contribution in [0.2, 0.25) is 0 Å². The van der Waals surface area contributed by atoms with Crippen molar-refractivity contribution >= 4 is 23.2 Å². The van der Waals surface area contributed by atoms with Crippen LogP contribution in [0, 0.1) is 11.7 Å². The summed E-state index contributed by atoms with van der Waals surface area (Å²) in [6, 6.07) is 11.7. The first-order valence-electron chi connectivity index (χ1n) is 7.19. The van der Waals surface area contributed by atoms with Gasteiger partial charge in [0.05, 0.1) is 5.92 Å². The molecule has 118 valence electrons. The maximum atomic E-state index is 13.0. The van der Waals surface area contributed by atoms with E-state index in [-0.39, 0.29) is 36.3 Å². The van der Waals surface area contributed by atoms with Gasteiger partial charge in [-0.2, -0.15) is 0 Å². The number of phenols is 1. The molecule has 1 heterocycles. The number of amides is 2. The molecule has 2 amide bonds. The molecule has 3 rings (SSSR count). The predicted octanol–water partition coefficient (Wildman–Crippen LogP) is 2.52. The number of benzene rings is 2. The van der Waals surface area contributed by atoms with Crippen molar-refractivity contribution in [2.24, 2.45) is 5.92 Å². The van der Waals surface area contributed by atoms with E-state index in [1.807, 2.05) is 0 Å². The molecule has 1 fully saturated rings. The van der Waals surface area contributed by atoms with Crippen LogP contribution in [0.3, 0.4) is 0 Å². The van der Waals surface area contributed by atoms with Crippen LogP contribution in [0.4, 0.5) is 15.8 Å². The third-order valence-electron chi connectivity index (χ3n) is 3.77. The Morgan fingerprint density at radius 1 is 1.13 bits per heavy atom. The number of aromatic hydroxyl groups is 1. The lowest BCUT2D eigenvalue weighted by Gasteiger charge is -2.16. The number of nitrogens with zero attached hydrogens (tertiary/aromatic N) is 1. The highest BCUT2D eigenvalue weighted by atomic mass is 19.1. The summed E-state index contributed by atoms with van der Waals surface area (Å²) < 4.78 is 13.0. The molecule has 1 saturated heterocycles. The van der Waals surface area contributed by atoms with Gasteiger partial charge in [0, 0.05) is 24.3 Å². The van der Waals surface area contributed by atoms with Gasteiger partial charge in [-0.05, 0) is 48.5 Å². The second-order valence-corrected chi connectivity index (χ2v) is 5.42. The molecule has 5 nitrogen and oxygen atoms in total. The van der Waals surface area contributed by atoms with E-state index < -0.39 is 5.92 Å². The number of carbonyl (C=O) groups is 2. The first kappa shape index (κ1) is 15.0. The molecule has 0 aliphatic carbocycles. The molecule has 2 N–H and O–H groups in total. The summed E-state index contributed by atoms with van der Waals surface area (Å²) in [7, 11) is 0. The number of hydrogen-bond donors (Lipinski definition) is 2. The third kappa shape index (κ3) is 3.31. The van der Waals surface area contributed by atoms with E-state index in [0.29, 0.717) is 11.4 Å². The Bertz CT molecular complexity index is 729. The highest BCUT2D eigenvalue weighted by Gasteiger charge is 2.35. The summed E-state index contributed by atoms with van der Waals surface area (Å²) in [5, 5.41) is 12.0. The lowest BCUT2D eigenvalue weighted by Crippen LogP contribution is -2.28. The Morgan fingerprint density at radius 3 is 2.43 bits per heavy atom. The van der Waals surface area contributed by atoms with Crippen LogP contribution in [0.1, 0.15) is 6.42 Å². The standard InChI is InChI=1S/C17H15FN2O3/c18-12-1-5-14(6-2-12)20-10-11(9-16(20)22)17(23)19-13-3-7-15(21)8-4-13/h1-8,11,21H,9-10H2,(H,19,23). The molecule has 0 saturated carbocycles. The van der Waals surface area contributed by atoms with Gasteiger partial charge in [-0.15, -0.1) is 0 Å². The molecule has 1 aliphatic rings. The van der Waals surface area contributed by atoms with E-state index in [4.69, 9.17) is 0 Å². The molecule has 0 spiro atoms. The molecule has 0 radical (unpaired) electrons. The van der Waals surface area contributed by atoms with Crippen molar-refractivity contribution in [2.45, 2.75) is 6.42 Å². The van der Waals surface area contributed by atoms with Gasteiger partial charge in [-0.3, -0.25) is 9.59 Å². The minimum Gasteiger partial charge on any atom is -0.508 e. The van der Waals surface area contributed by atoms with Gasteiger partial charge in [-0.25, -0.2) is 4.39 Å². The summed E-state index contributed by atoms with van der Waals surface area (Å²) in [6.45, 7) is 0.258. The fourth-order valence-electron chi connectivity index (χ4n) is 2.54. The average Bonchev–Trinajstić information content (AvgIpc) is 2.92. The van der Waals surface area contributed by atoms with E-state index in [2.05, 4.69) is 5.32 Å². The van der Waals surface area contributed by atoms with Gasteiger partial charge in [0.25, 0.3) is 0 Å². The Balaban J connectivity index is 1.68. The van der Waals surface area contributed by atoms with Gasteiger partial charge in [0.15, 0.2) is 0 Å². The first-order chi connectivity index (χ1) is 11.0. The quantitative estimate of drug-likeness (QED) is 0.855. The van der Waals surface area contributed by atoms with Crippen molar-refractivity contribution in [1.82, 2.24) is 0 Å². The molecule has 1 aliphatic heterocycles. The molecular formula is C17H15FN2O3. The fourth-order valence-corrected chi connectivity index (χ4v) is 2.54. The number of phenolic OH excluding ortho intramolecular Hbond substituents is 1. The minimum absolute atomic E-state index is 0.112. The zero-order valence-corrected chi connectivity index (χ0v) is 12.2. The summed E-state index contributed by atoms with van der Waals surface area (Å²) in [5.74, 6) is -1.15. The Kier molecular flexibility index (Phi) is 3.97. The normalized spacial score (nSPS) is 17.3. The highest BCUT2D eigenvalue weighted by Crippen LogP contribution is 2.26. The molecule has 1 unspecified atom stereocenters. The SMILES string of the molecule is O=C(Nc1ccc(O)cc1)C1CC(=O)N(c2ccc(F)cc2)C1. The molecule has 23 heavy (non-hydrogen) atoms. The molecule has 2 aromatic rings. The molecule has 2 aromatic carbocycles. The first-order valence-corrected chi connectivity index (χ1v) is 7.19. The van der Waals surface area contributed by atoms with E-state index in [9.17, 15) is 19.1 Å². The van der Waals surface area contributed by atoms with E-state index in [1.165, 1.54) is 41.3 Å². The second-order valence-electron chi connectivity index (χ2n) is 5.42. The van der Waals surface area contributed by atoms with Gasteiger partial charge >= 0.3 is 0 Å². The zero-order chi connectivity index (χ0) is 16.4. The molecule has 0 aromatic heterocycles. The Labute approximate surface area is 132 Å². The van der Waals surface area contributed by atoms with Crippen molar-refractivity contribution < 1.29 is 19.1 Å². The molecular weight excluding hydrogens is 299 g/mol. The van der Waals surface area contributed by atoms with E-state index in [1.54, 1.807) is 12.1 Å². The lowest BCUT2D eigenvalue weighted by molar-refractivity contribution is -0.122. The number of anilines is 2. The van der Waals surface area contributed by atoms with Gasteiger partial charge in [0.2, 0.25) is 11.8 Å². The van der Waals surface area contributed by atoms with Crippen LogP contribution < -0.4 is 10.2 Å². The van der Waals surface area contributed by atoms with Crippen LogP contribution in [0.25, 0.3) is 0 Å². The van der Waals surface area contributed by atoms with Crippen LogP contribution in [0.5, 0.6) is 5.75 Å². The number of rotatable bonds is 3. The maximum absolute atomic E-state index is 13.0. The van der Waals surface area contributed by atoms with Crippen LogP contribution in [-0.4, -0.2) is 23.5 Å². The minimum atomic E-state index is -0.471. The Hall–Kier alpha value is -2.89. The van der Waals surface area contributed by atoms with Crippen molar-refractivity contribution in [3.05, 3.63) is 54.3 Å². The van der Waals surface area contributed by atoms with E-state index >= 15 is 0 Å². The van der Waals surface area contributed by atoms with Gasteiger partial charge < -0.3 is 15.3 Å². The third-order valence-corrected chi connectivity index (χ3v) is 3.77. The topological polar surface area (TPSA) is 69.6 Å². The van der Waals surface area contributed by atoms with Crippen LogP contribution in [0.15, 0.2) is 48.5 Å². The summed E-state index contributed by atoms with van der Waals surface area (Å²) in [5.41, 5.74) is 1.14. The number of carbonyl (C=O) groups excluding carboxylic acids is 2. The average molecular weight is 314 g/mol. The predicted molar refractivity (Wildman–Crippen MR) is 83.6 cm³/mol.